The molecule has 0 atom stereocenters. The number of carbonyl (C=O) groups is 1. The summed E-state index contributed by atoms with van der Waals surface area (Å²) < 4.78 is 5.38. The van der Waals surface area contributed by atoms with E-state index in [0.717, 1.165) is 28.0 Å². The second-order valence-corrected chi connectivity index (χ2v) is 5.07. The molecular weight excluding hydrogens is 264 g/mol. The van der Waals surface area contributed by atoms with E-state index in [1.807, 2.05) is 39.0 Å². The van der Waals surface area contributed by atoms with Gasteiger partial charge in [-0.15, -0.1) is 0 Å². The van der Waals surface area contributed by atoms with E-state index in [-0.39, 0.29) is 5.91 Å². The Morgan fingerprint density at radius 2 is 2.05 bits per heavy atom. The highest BCUT2D eigenvalue weighted by atomic mass is 16.5. The Bertz CT molecular complexity index is 652. The van der Waals surface area contributed by atoms with Gasteiger partial charge in [0.2, 0.25) is 0 Å². The highest BCUT2D eigenvalue weighted by Crippen LogP contribution is 2.28. The van der Waals surface area contributed by atoms with Crippen molar-refractivity contribution in [1.82, 2.24) is 10.3 Å². The molecule has 0 saturated heterocycles. The standard InChI is InChI=1S/C17H20N2O2/c1-11-8-15(12(2)13(3)16(11)21-4)17(20)19-10-14-6-5-7-18-9-14/h5-9H,10H2,1-4H3,(H,19,20). The van der Waals surface area contributed by atoms with Crippen LogP contribution in [0.25, 0.3) is 0 Å². The molecule has 0 aliphatic heterocycles. The van der Waals surface area contributed by atoms with Gasteiger partial charge in [0.1, 0.15) is 5.75 Å². The number of hydrogen-bond acceptors (Lipinski definition) is 3. The first-order valence-electron chi connectivity index (χ1n) is 6.86. The molecule has 2 aromatic rings. The molecule has 0 fully saturated rings. The number of amides is 1. The summed E-state index contributed by atoms with van der Waals surface area (Å²) in [5, 5.41) is 2.93. The topological polar surface area (TPSA) is 51.2 Å². The monoisotopic (exact) mass is 284 g/mol. The first-order valence-corrected chi connectivity index (χ1v) is 6.86. The lowest BCUT2D eigenvalue weighted by Crippen LogP contribution is -2.24. The average molecular weight is 284 g/mol. The van der Waals surface area contributed by atoms with Crippen LogP contribution in [0.15, 0.2) is 30.6 Å². The first kappa shape index (κ1) is 15.0. The van der Waals surface area contributed by atoms with Gasteiger partial charge in [-0.2, -0.15) is 0 Å². The highest BCUT2D eigenvalue weighted by Gasteiger charge is 2.15. The number of ether oxygens (including phenoxy) is 1. The van der Waals surface area contributed by atoms with Crippen LogP contribution in [0.5, 0.6) is 5.75 Å². The van der Waals surface area contributed by atoms with Crippen LogP contribution in [0.2, 0.25) is 0 Å². The lowest BCUT2D eigenvalue weighted by Gasteiger charge is -2.15. The summed E-state index contributed by atoms with van der Waals surface area (Å²) in [5.41, 5.74) is 4.58. The van der Waals surface area contributed by atoms with Crippen molar-refractivity contribution in [3.63, 3.8) is 0 Å². The minimum absolute atomic E-state index is 0.0785. The number of aromatic nitrogens is 1. The maximum absolute atomic E-state index is 12.4. The Balaban J connectivity index is 2.20. The molecule has 1 N–H and O–H groups in total. The Kier molecular flexibility index (Phi) is 4.58. The van der Waals surface area contributed by atoms with E-state index in [0.29, 0.717) is 12.1 Å². The fraction of sp³-hybridized carbons (Fsp3) is 0.294. The van der Waals surface area contributed by atoms with Crippen LogP contribution in [0.3, 0.4) is 0 Å². The number of hydrogen-bond donors (Lipinski definition) is 1. The SMILES string of the molecule is COc1c(C)cc(C(=O)NCc2cccnc2)c(C)c1C. The highest BCUT2D eigenvalue weighted by molar-refractivity contribution is 5.96. The molecule has 0 aliphatic carbocycles. The number of pyridine rings is 1. The summed E-state index contributed by atoms with van der Waals surface area (Å²) in [6.07, 6.45) is 3.46. The molecule has 2 rings (SSSR count). The van der Waals surface area contributed by atoms with Crippen molar-refractivity contribution in [2.75, 3.05) is 7.11 Å². The van der Waals surface area contributed by atoms with Gasteiger partial charge in [0.25, 0.3) is 5.91 Å². The smallest absolute Gasteiger partial charge is 0.251 e. The lowest BCUT2D eigenvalue weighted by atomic mass is 9.98. The summed E-state index contributed by atoms with van der Waals surface area (Å²) in [7, 11) is 1.65. The quantitative estimate of drug-likeness (QED) is 0.939. The molecule has 0 unspecified atom stereocenters. The van der Waals surface area contributed by atoms with Crippen molar-refractivity contribution < 1.29 is 9.53 Å². The third-order valence-corrected chi connectivity index (χ3v) is 3.65. The van der Waals surface area contributed by atoms with Gasteiger partial charge in [-0.05, 0) is 55.2 Å². The predicted octanol–water partition coefficient (Wildman–Crippen LogP) is 2.95. The number of aryl methyl sites for hydroxylation is 1. The summed E-state index contributed by atoms with van der Waals surface area (Å²) in [5.74, 6) is 0.765. The normalized spacial score (nSPS) is 10.3. The van der Waals surface area contributed by atoms with Crippen molar-refractivity contribution in [3.8, 4) is 5.75 Å². The van der Waals surface area contributed by atoms with Crippen molar-refractivity contribution in [2.45, 2.75) is 27.3 Å². The zero-order chi connectivity index (χ0) is 15.4. The molecule has 21 heavy (non-hydrogen) atoms. The molecule has 0 bridgehead atoms. The zero-order valence-electron chi connectivity index (χ0n) is 12.9. The van der Waals surface area contributed by atoms with Gasteiger partial charge in [0.15, 0.2) is 0 Å². The van der Waals surface area contributed by atoms with Gasteiger partial charge in [-0.3, -0.25) is 9.78 Å². The van der Waals surface area contributed by atoms with Gasteiger partial charge in [0, 0.05) is 24.5 Å². The number of nitrogens with one attached hydrogen (secondary N) is 1. The molecule has 0 aliphatic rings. The van der Waals surface area contributed by atoms with E-state index < -0.39 is 0 Å². The molecule has 1 amide bonds. The molecule has 0 spiro atoms. The van der Waals surface area contributed by atoms with E-state index in [1.165, 1.54) is 0 Å². The van der Waals surface area contributed by atoms with Gasteiger partial charge < -0.3 is 10.1 Å². The van der Waals surface area contributed by atoms with E-state index in [4.69, 9.17) is 4.74 Å². The van der Waals surface area contributed by atoms with Gasteiger partial charge in [-0.1, -0.05) is 6.07 Å². The molecule has 110 valence electrons. The minimum atomic E-state index is -0.0785. The lowest BCUT2D eigenvalue weighted by molar-refractivity contribution is 0.0950. The Morgan fingerprint density at radius 1 is 1.29 bits per heavy atom. The first-order chi connectivity index (χ1) is 10.0. The number of carbonyl (C=O) groups excluding carboxylic acids is 1. The van der Waals surface area contributed by atoms with Gasteiger partial charge >= 0.3 is 0 Å². The summed E-state index contributed by atoms with van der Waals surface area (Å²) >= 11 is 0. The molecule has 0 saturated carbocycles. The van der Waals surface area contributed by atoms with Crippen LogP contribution in [0, 0.1) is 20.8 Å². The fourth-order valence-electron chi connectivity index (χ4n) is 2.39. The van der Waals surface area contributed by atoms with Crippen molar-refractivity contribution in [3.05, 3.63) is 58.4 Å². The van der Waals surface area contributed by atoms with Gasteiger partial charge in [0.05, 0.1) is 7.11 Å². The minimum Gasteiger partial charge on any atom is -0.496 e. The number of methoxy groups -OCH3 is 1. The van der Waals surface area contributed by atoms with Crippen LogP contribution in [0.1, 0.15) is 32.6 Å². The predicted molar refractivity (Wildman–Crippen MR) is 82.6 cm³/mol. The molecule has 1 aromatic carbocycles. The third kappa shape index (κ3) is 3.21. The largest absolute Gasteiger partial charge is 0.496 e. The van der Waals surface area contributed by atoms with Crippen molar-refractivity contribution in [2.24, 2.45) is 0 Å². The molecule has 4 nitrogen and oxygen atoms in total. The summed E-state index contributed by atoms with van der Waals surface area (Å²) in [6.45, 7) is 6.33. The van der Waals surface area contributed by atoms with Crippen LogP contribution < -0.4 is 10.1 Å². The molecule has 4 heteroatoms. The Hall–Kier alpha value is -2.36. The molecule has 0 radical (unpaired) electrons. The summed E-state index contributed by atoms with van der Waals surface area (Å²) in [4.78, 5) is 16.4. The van der Waals surface area contributed by atoms with Crippen LogP contribution >= 0.6 is 0 Å². The van der Waals surface area contributed by atoms with Crippen molar-refractivity contribution in [1.29, 1.82) is 0 Å². The Morgan fingerprint density at radius 3 is 2.67 bits per heavy atom. The van der Waals surface area contributed by atoms with Crippen LogP contribution in [-0.4, -0.2) is 18.0 Å². The van der Waals surface area contributed by atoms with E-state index in [1.54, 1.807) is 19.5 Å². The molecule has 1 heterocycles. The second-order valence-electron chi connectivity index (χ2n) is 5.07. The second kappa shape index (κ2) is 6.39. The molecular formula is C17H20N2O2. The zero-order valence-corrected chi connectivity index (χ0v) is 12.9. The number of rotatable bonds is 4. The molecule has 1 aromatic heterocycles. The maximum atomic E-state index is 12.4. The van der Waals surface area contributed by atoms with Gasteiger partial charge in [-0.25, -0.2) is 0 Å². The summed E-state index contributed by atoms with van der Waals surface area (Å²) in [6, 6.07) is 5.67. The Labute approximate surface area is 125 Å². The third-order valence-electron chi connectivity index (χ3n) is 3.65. The van der Waals surface area contributed by atoms with Crippen LogP contribution in [-0.2, 0) is 6.54 Å². The average Bonchev–Trinajstić information content (AvgIpc) is 2.50. The van der Waals surface area contributed by atoms with Crippen molar-refractivity contribution >= 4 is 5.91 Å². The number of nitrogens with zero attached hydrogens (tertiary/aromatic N) is 1. The van der Waals surface area contributed by atoms with E-state index >= 15 is 0 Å². The van der Waals surface area contributed by atoms with E-state index in [2.05, 4.69) is 10.3 Å². The number of benzene rings is 1. The van der Waals surface area contributed by atoms with E-state index in [9.17, 15) is 4.79 Å². The van der Waals surface area contributed by atoms with Crippen LogP contribution in [0.4, 0.5) is 0 Å². The maximum Gasteiger partial charge on any atom is 0.251 e. The fourth-order valence-corrected chi connectivity index (χ4v) is 2.39.